The predicted molar refractivity (Wildman–Crippen MR) is 88.0 cm³/mol. The molecule has 0 aromatic heterocycles. The summed E-state index contributed by atoms with van der Waals surface area (Å²) in [4.78, 5) is 0. The molecule has 0 aliphatic carbocycles. The first-order valence-corrected chi connectivity index (χ1v) is 7.23. The van der Waals surface area contributed by atoms with Crippen LogP contribution in [0.25, 0.3) is 0 Å². The van der Waals surface area contributed by atoms with Crippen LogP contribution < -0.4 is 4.74 Å². The minimum Gasteiger partial charge on any atom is -0.497 e. The van der Waals surface area contributed by atoms with Crippen LogP contribution >= 0.6 is 0 Å². The fourth-order valence-corrected chi connectivity index (χ4v) is 2.71. The molecule has 0 spiro atoms. The molecule has 3 rings (SSSR count). The molecule has 0 unspecified atom stereocenters. The number of hydrogen-bond donors (Lipinski definition) is 1. The van der Waals surface area contributed by atoms with E-state index in [1.807, 2.05) is 84.9 Å². The Bertz CT molecular complexity index is 696. The summed E-state index contributed by atoms with van der Waals surface area (Å²) in [7, 11) is 1.63. The molecule has 0 radical (unpaired) electrons. The van der Waals surface area contributed by atoms with Crippen LogP contribution in [0, 0.1) is 0 Å². The lowest BCUT2D eigenvalue weighted by molar-refractivity contribution is 0.125. The molecule has 1 N–H and O–H groups in total. The molecule has 22 heavy (non-hydrogen) atoms. The van der Waals surface area contributed by atoms with E-state index in [4.69, 9.17) is 4.74 Å². The SMILES string of the molecule is COc1cccc(C(O)(c2ccccc2)c2ccccc2)c1. The number of ether oxygens (including phenoxy) is 1. The molecule has 0 bridgehead atoms. The zero-order valence-corrected chi connectivity index (χ0v) is 12.4. The molecule has 3 aromatic carbocycles. The van der Waals surface area contributed by atoms with E-state index in [1.165, 1.54) is 0 Å². The van der Waals surface area contributed by atoms with Crippen molar-refractivity contribution in [2.45, 2.75) is 5.60 Å². The average Bonchev–Trinajstić information content (AvgIpc) is 2.62. The van der Waals surface area contributed by atoms with Crippen molar-refractivity contribution in [1.29, 1.82) is 0 Å². The summed E-state index contributed by atoms with van der Waals surface area (Å²) >= 11 is 0. The van der Waals surface area contributed by atoms with Gasteiger partial charge in [0.15, 0.2) is 0 Å². The van der Waals surface area contributed by atoms with Gasteiger partial charge >= 0.3 is 0 Å². The predicted octanol–water partition coefficient (Wildman–Crippen LogP) is 3.98. The fraction of sp³-hybridized carbons (Fsp3) is 0.100. The molecule has 0 aliphatic rings. The Labute approximate surface area is 130 Å². The minimum atomic E-state index is -1.21. The minimum absolute atomic E-state index is 0.725. The average molecular weight is 290 g/mol. The van der Waals surface area contributed by atoms with Gasteiger partial charge in [0.25, 0.3) is 0 Å². The van der Waals surface area contributed by atoms with Gasteiger partial charge in [-0.05, 0) is 28.8 Å². The summed E-state index contributed by atoms with van der Waals surface area (Å²) in [5.41, 5.74) is 1.23. The maximum Gasteiger partial charge on any atom is 0.140 e. The van der Waals surface area contributed by atoms with Gasteiger partial charge in [0.2, 0.25) is 0 Å². The highest BCUT2D eigenvalue weighted by Gasteiger charge is 2.33. The Balaban J connectivity index is 2.23. The van der Waals surface area contributed by atoms with Crippen LogP contribution in [0.4, 0.5) is 0 Å². The first kappa shape index (κ1) is 14.4. The van der Waals surface area contributed by atoms with E-state index in [9.17, 15) is 5.11 Å². The Morgan fingerprint density at radius 3 is 1.68 bits per heavy atom. The van der Waals surface area contributed by atoms with Crippen LogP contribution in [0.2, 0.25) is 0 Å². The Hall–Kier alpha value is -2.58. The number of aliphatic hydroxyl groups is 1. The molecule has 0 atom stereocenters. The van der Waals surface area contributed by atoms with Gasteiger partial charge in [-0.1, -0.05) is 72.8 Å². The smallest absolute Gasteiger partial charge is 0.140 e. The third kappa shape index (κ3) is 2.49. The van der Waals surface area contributed by atoms with Crippen molar-refractivity contribution in [3.8, 4) is 5.75 Å². The van der Waals surface area contributed by atoms with E-state index in [0.29, 0.717) is 0 Å². The largest absolute Gasteiger partial charge is 0.497 e. The van der Waals surface area contributed by atoms with Crippen LogP contribution in [-0.4, -0.2) is 12.2 Å². The molecule has 2 nitrogen and oxygen atoms in total. The van der Waals surface area contributed by atoms with Gasteiger partial charge in [0, 0.05) is 0 Å². The van der Waals surface area contributed by atoms with Crippen LogP contribution in [-0.2, 0) is 5.60 Å². The monoisotopic (exact) mass is 290 g/mol. The van der Waals surface area contributed by atoms with Gasteiger partial charge in [-0.25, -0.2) is 0 Å². The van der Waals surface area contributed by atoms with Crippen molar-refractivity contribution in [2.75, 3.05) is 7.11 Å². The Morgan fingerprint density at radius 1 is 0.682 bits per heavy atom. The summed E-state index contributed by atoms with van der Waals surface area (Å²) in [6, 6.07) is 26.9. The molecule has 110 valence electrons. The zero-order valence-electron chi connectivity index (χ0n) is 12.4. The van der Waals surface area contributed by atoms with Crippen LogP contribution in [0.15, 0.2) is 84.9 Å². The van der Waals surface area contributed by atoms with Crippen molar-refractivity contribution in [3.05, 3.63) is 102 Å². The second-order valence-corrected chi connectivity index (χ2v) is 5.17. The van der Waals surface area contributed by atoms with Crippen molar-refractivity contribution in [2.24, 2.45) is 0 Å². The highest BCUT2D eigenvalue weighted by molar-refractivity contribution is 5.48. The standard InChI is InChI=1S/C20H18O2/c1-22-19-14-8-13-18(15-19)20(21,16-9-4-2-5-10-16)17-11-6-3-7-12-17/h2-15,21H,1H3. The molecule has 0 amide bonds. The topological polar surface area (TPSA) is 29.5 Å². The van der Waals surface area contributed by atoms with E-state index in [1.54, 1.807) is 7.11 Å². The van der Waals surface area contributed by atoms with Gasteiger partial charge in [-0.15, -0.1) is 0 Å². The van der Waals surface area contributed by atoms with E-state index in [-0.39, 0.29) is 0 Å². The molecular formula is C20H18O2. The highest BCUT2D eigenvalue weighted by Crippen LogP contribution is 2.37. The van der Waals surface area contributed by atoms with Gasteiger partial charge in [-0.3, -0.25) is 0 Å². The molecule has 0 heterocycles. The van der Waals surface area contributed by atoms with Gasteiger partial charge in [-0.2, -0.15) is 0 Å². The first-order valence-electron chi connectivity index (χ1n) is 7.23. The quantitative estimate of drug-likeness (QED) is 0.736. The lowest BCUT2D eigenvalue weighted by Crippen LogP contribution is -2.28. The van der Waals surface area contributed by atoms with Crippen LogP contribution in [0.3, 0.4) is 0 Å². The van der Waals surface area contributed by atoms with Crippen LogP contribution in [0.1, 0.15) is 16.7 Å². The summed E-state index contributed by atoms with van der Waals surface area (Å²) < 4.78 is 5.31. The van der Waals surface area contributed by atoms with Gasteiger partial charge < -0.3 is 9.84 Å². The lowest BCUT2D eigenvalue weighted by Gasteiger charge is -2.30. The highest BCUT2D eigenvalue weighted by atomic mass is 16.5. The zero-order chi connectivity index (χ0) is 15.4. The second-order valence-electron chi connectivity index (χ2n) is 5.17. The van der Waals surface area contributed by atoms with Crippen molar-refractivity contribution in [3.63, 3.8) is 0 Å². The van der Waals surface area contributed by atoms with Crippen molar-refractivity contribution in [1.82, 2.24) is 0 Å². The van der Waals surface area contributed by atoms with Crippen molar-refractivity contribution >= 4 is 0 Å². The molecule has 0 saturated carbocycles. The molecular weight excluding hydrogens is 272 g/mol. The maximum absolute atomic E-state index is 11.6. The molecule has 0 saturated heterocycles. The molecule has 2 heteroatoms. The molecule has 3 aromatic rings. The summed E-state index contributed by atoms with van der Waals surface area (Å²) in [6.07, 6.45) is 0. The lowest BCUT2D eigenvalue weighted by atomic mass is 9.80. The second kappa shape index (κ2) is 6.04. The van der Waals surface area contributed by atoms with E-state index in [0.717, 1.165) is 22.4 Å². The van der Waals surface area contributed by atoms with Gasteiger partial charge in [0.1, 0.15) is 11.4 Å². The summed E-state index contributed by atoms with van der Waals surface area (Å²) in [5, 5.41) is 11.6. The van der Waals surface area contributed by atoms with Crippen molar-refractivity contribution < 1.29 is 9.84 Å². The Morgan fingerprint density at radius 2 is 1.18 bits per heavy atom. The number of hydrogen-bond acceptors (Lipinski definition) is 2. The number of benzene rings is 3. The summed E-state index contributed by atoms with van der Waals surface area (Å²) in [5.74, 6) is 0.725. The number of rotatable bonds is 4. The maximum atomic E-state index is 11.6. The van der Waals surface area contributed by atoms with E-state index >= 15 is 0 Å². The third-order valence-electron chi connectivity index (χ3n) is 3.87. The Kier molecular flexibility index (Phi) is 3.94. The number of methoxy groups -OCH3 is 1. The first-order chi connectivity index (χ1) is 10.7. The summed E-state index contributed by atoms with van der Waals surface area (Å²) in [6.45, 7) is 0. The van der Waals surface area contributed by atoms with Crippen LogP contribution in [0.5, 0.6) is 5.75 Å². The molecule has 0 fully saturated rings. The molecule has 0 aliphatic heterocycles. The fourth-order valence-electron chi connectivity index (χ4n) is 2.71. The normalized spacial score (nSPS) is 11.2. The van der Waals surface area contributed by atoms with E-state index < -0.39 is 5.60 Å². The third-order valence-corrected chi connectivity index (χ3v) is 3.87. The van der Waals surface area contributed by atoms with E-state index in [2.05, 4.69) is 0 Å². The van der Waals surface area contributed by atoms with Gasteiger partial charge in [0.05, 0.1) is 7.11 Å².